The number of anilines is 1. The predicted octanol–water partition coefficient (Wildman–Crippen LogP) is 1.41. The van der Waals surface area contributed by atoms with E-state index >= 15 is 0 Å². The maximum Gasteiger partial charge on any atom is 0.249 e. The summed E-state index contributed by atoms with van der Waals surface area (Å²) in [6.07, 6.45) is 2.22. The van der Waals surface area contributed by atoms with Crippen molar-refractivity contribution in [1.29, 1.82) is 0 Å². The van der Waals surface area contributed by atoms with Crippen molar-refractivity contribution in [3.8, 4) is 5.75 Å². The van der Waals surface area contributed by atoms with Gasteiger partial charge in [0.15, 0.2) is 0 Å². The topological polar surface area (TPSA) is 84.9 Å². The van der Waals surface area contributed by atoms with Crippen LogP contribution < -0.4 is 14.4 Å². The molecule has 1 saturated heterocycles. The van der Waals surface area contributed by atoms with Crippen molar-refractivity contribution < 1.29 is 22.7 Å². The highest BCUT2D eigenvalue weighted by atomic mass is 35.5. The molecule has 1 amide bonds. The van der Waals surface area contributed by atoms with E-state index in [2.05, 4.69) is 5.32 Å². The highest BCUT2D eigenvalue weighted by Gasteiger charge is 2.24. The Morgan fingerprint density at radius 3 is 2.79 bits per heavy atom. The molecule has 1 aliphatic rings. The normalized spacial score (nSPS) is 17.5. The molecule has 1 aliphatic heterocycles. The minimum absolute atomic E-state index is 0.0972. The second-order valence-corrected chi connectivity index (χ2v) is 7.76. The number of halogens is 1. The fourth-order valence-corrected chi connectivity index (χ4v) is 3.65. The van der Waals surface area contributed by atoms with Gasteiger partial charge in [0.05, 0.1) is 30.6 Å². The molecule has 134 valence electrons. The smallest absolute Gasteiger partial charge is 0.249 e. The molecular weight excluding hydrogens is 356 g/mol. The third kappa shape index (κ3) is 4.75. The molecule has 2 rings (SSSR count). The molecule has 0 radical (unpaired) electrons. The fourth-order valence-electron chi connectivity index (χ4n) is 2.48. The molecule has 0 bridgehead atoms. The van der Waals surface area contributed by atoms with Gasteiger partial charge in [-0.1, -0.05) is 11.6 Å². The summed E-state index contributed by atoms with van der Waals surface area (Å²) in [6.45, 7) is 0.854. The van der Waals surface area contributed by atoms with Gasteiger partial charge in [-0.05, 0) is 31.0 Å². The molecule has 9 heteroatoms. The van der Waals surface area contributed by atoms with Crippen LogP contribution in [0.25, 0.3) is 0 Å². The molecule has 24 heavy (non-hydrogen) atoms. The van der Waals surface area contributed by atoms with Gasteiger partial charge in [-0.2, -0.15) is 0 Å². The van der Waals surface area contributed by atoms with Crippen LogP contribution in [0.3, 0.4) is 0 Å². The summed E-state index contributed by atoms with van der Waals surface area (Å²) >= 11 is 6.06. The number of nitrogens with zero attached hydrogens (tertiary/aromatic N) is 1. The second-order valence-electron chi connectivity index (χ2n) is 5.45. The lowest BCUT2D eigenvalue weighted by atomic mass is 10.2. The van der Waals surface area contributed by atoms with E-state index in [-0.39, 0.29) is 19.0 Å². The Kier molecular flexibility index (Phi) is 6.31. The van der Waals surface area contributed by atoms with Crippen molar-refractivity contribution in [2.45, 2.75) is 18.9 Å². The number of rotatable bonds is 7. The third-order valence-electron chi connectivity index (χ3n) is 3.66. The van der Waals surface area contributed by atoms with Gasteiger partial charge >= 0.3 is 0 Å². The largest absolute Gasteiger partial charge is 0.495 e. The Bertz CT molecular complexity index is 689. The van der Waals surface area contributed by atoms with Gasteiger partial charge in [-0.3, -0.25) is 9.10 Å². The van der Waals surface area contributed by atoms with E-state index in [4.69, 9.17) is 21.1 Å². The first kappa shape index (κ1) is 18.8. The average molecular weight is 377 g/mol. The Hall–Kier alpha value is -1.51. The van der Waals surface area contributed by atoms with Crippen LogP contribution in [-0.4, -0.2) is 53.5 Å². The first-order chi connectivity index (χ1) is 11.3. The van der Waals surface area contributed by atoms with Crippen molar-refractivity contribution in [3.63, 3.8) is 0 Å². The standard InChI is InChI=1S/C15H21ClN2O5S/c1-22-13-6-5-11(10-12(13)16)18(24(2,20)21)8-7-17-15(19)14-4-3-9-23-14/h5-6,10,14H,3-4,7-9H2,1-2H3,(H,17,19). The van der Waals surface area contributed by atoms with Gasteiger partial charge in [-0.15, -0.1) is 0 Å². The number of carbonyl (C=O) groups excluding carboxylic acids is 1. The minimum Gasteiger partial charge on any atom is -0.495 e. The van der Waals surface area contributed by atoms with Crippen LogP contribution in [0.1, 0.15) is 12.8 Å². The second kappa shape index (κ2) is 8.04. The van der Waals surface area contributed by atoms with E-state index in [1.807, 2.05) is 0 Å². The predicted molar refractivity (Wildman–Crippen MR) is 92.2 cm³/mol. The average Bonchev–Trinajstić information content (AvgIpc) is 3.04. The first-order valence-corrected chi connectivity index (χ1v) is 9.76. The summed E-state index contributed by atoms with van der Waals surface area (Å²) in [7, 11) is -2.04. The lowest BCUT2D eigenvalue weighted by Crippen LogP contribution is -2.41. The molecule has 1 unspecified atom stereocenters. The van der Waals surface area contributed by atoms with Crippen molar-refractivity contribution in [1.82, 2.24) is 5.32 Å². The van der Waals surface area contributed by atoms with Gasteiger partial charge in [0, 0.05) is 13.2 Å². The minimum atomic E-state index is -3.52. The first-order valence-electron chi connectivity index (χ1n) is 7.53. The number of carbonyl (C=O) groups is 1. The van der Waals surface area contributed by atoms with Gasteiger partial charge in [-0.25, -0.2) is 8.42 Å². The Morgan fingerprint density at radius 2 is 2.25 bits per heavy atom. The zero-order valence-corrected chi connectivity index (χ0v) is 15.2. The van der Waals surface area contributed by atoms with Crippen LogP contribution in [0, 0.1) is 0 Å². The van der Waals surface area contributed by atoms with Crippen LogP contribution in [0.15, 0.2) is 18.2 Å². The Morgan fingerprint density at radius 1 is 1.50 bits per heavy atom. The number of nitrogens with one attached hydrogen (secondary N) is 1. The number of benzene rings is 1. The molecule has 0 saturated carbocycles. The monoisotopic (exact) mass is 376 g/mol. The number of methoxy groups -OCH3 is 1. The van der Waals surface area contributed by atoms with Crippen molar-refractivity contribution in [2.75, 3.05) is 37.4 Å². The zero-order chi connectivity index (χ0) is 17.7. The lowest BCUT2D eigenvalue weighted by molar-refractivity contribution is -0.129. The molecule has 1 aromatic rings. The molecule has 1 N–H and O–H groups in total. The van der Waals surface area contributed by atoms with E-state index in [1.54, 1.807) is 12.1 Å². The van der Waals surface area contributed by atoms with E-state index in [1.165, 1.54) is 17.5 Å². The third-order valence-corrected chi connectivity index (χ3v) is 5.15. The molecule has 0 aliphatic carbocycles. The van der Waals surface area contributed by atoms with Crippen molar-refractivity contribution >= 4 is 33.2 Å². The summed E-state index contributed by atoms with van der Waals surface area (Å²) in [4.78, 5) is 11.9. The molecule has 0 aromatic heterocycles. The van der Waals surface area contributed by atoms with Crippen LogP contribution in [0.4, 0.5) is 5.69 Å². The van der Waals surface area contributed by atoms with E-state index in [0.717, 1.165) is 12.7 Å². The Balaban J connectivity index is 2.04. The van der Waals surface area contributed by atoms with Gasteiger partial charge in [0.25, 0.3) is 0 Å². The highest BCUT2D eigenvalue weighted by Crippen LogP contribution is 2.30. The highest BCUT2D eigenvalue weighted by molar-refractivity contribution is 7.92. The summed E-state index contributed by atoms with van der Waals surface area (Å²) in [5.41, 5.74) is 0.412. The maximum atomic E-state index is 12.0. The molecule has 1 fully saturated rings. The molecule has 1 atom stereocenters. The van der Waals surface area contributed by atoms with Crippen LogP contribution in [0.5, 0.6) is 5.75 Å². The van der Waals surface area contributed by atoms with E-state index in [9.17, 15) is 13.2 Å². The summed E-state index contributed by atoms with van der Waals surface area (Å²) in [5.74, 6) is 0.245. The zero-order valence-electron chi connectivity index (χ0n) is 13.6. The Labute approximate surface area is 146 Å². The van der Waals surface area contributed by atoms with Gasteiger partial charge in [0.1, 0.15) is 11.9 Å². The summed E-state index contributed by atoms with van der Waals surface area (Å²) < 4.78 is 35.6. The number of sulfonamides is 1. The number of amides is 1. The van der Waals surface area contributed by atoms with Crippen molar-refractivity contribution in [2.24, 2.45) is 0 Å². The lowest BCUT2D eigenvalue weighted by Gasteiger charge is -2.23. The molecular formula is C15H21ClN2O5S. The number of hydrogen-bond acceptors (Lipinski definition) is 5. The maximum absolute atomic E-state index is 12.0. The van der Waals surface area contributed by atoms with Crippen molar-refractivity contribution in [3.05, 3.63) is 23.2 Å². The van der Waals surface area contributed by atoms with E-state index < -0.39 is 16.1 Å². The van der Waals surface area contributed by atoms with Gasteiger partial charge < -0.3 is 14.8 Å². The molecule has 1 aromatic carbocycles. The fraction of sp³-hybridized carbons (Fsp3) is 0.533. The summed E-state index contributed by atoms with van der Waals surface area (Å²) in [5, 5.41) is 3.02. The van der Waals surface area contributed by atoms with Crippen LogP contribution in [0.2, 0.25) is 5.02 Å². The molecule has 0 spiro atoms. The quantitative estimate of drug-likeness (QED) is 0.777. The van der Waals surface area contributed by atoms with Crippen LogP contribution >= 0.6 is 11.6 Å². The summed E-state index contributed by atoms with van der Waals surface area (Å²) in [6, 6.07) is 4.72. The van der Waals surface area contributed by atoms with Crippen LogP contribution in [-0.2, 0) is 19.6 Å². The van der Waals surface area contributed by atoms with Gasteiger partial charge in [0.2, 0.25) is 15.9 Å². The molecule has 1 heterocycles. The number of ether oxygens (including phenoxy) is 2. The molecule has 7 nitrogen and oxygen atoms in total. The number of hydrogen-bond donors (Lipinski definition) is 1. The SMILES string of the molecule is COc1ccc(N(CCNC(=O)C2CCCO2)S(C)(=O)=O)cc1Cl. The van der Waals surface area contributed by atoms with E-state index in [0.29, 0.717) is 29.5 Å².